The minimum absolute atomic E-state index is 0.434. The Balaban J connectivity index is 2.42. The highest BCUT2D eigenvalue weighted by Gasteiger charge is 2.32. The number of rotatable bonds is 2. The predicted octanol–water partition coefficient (Wildman–Crippen LogP) is 1.32. The molecule has 0 amide bonds. The molecule has 1 aromatic heterocycles. The molecule has 1 saturated heterocycles. The first kappa shape index (κ1) is 11.4. The largest absolute Gasteiger partial charge is 0.480 e. The Hall–Kier alpha value is -2.09. The topological polar surface area (TPSA) is 77.2 Å². The SMILES string of the molecule is Cc1ccc(C#N)c(N2CCCC2C(=O)O)n1. The number of anilines is 1. The average molecular weight is 231 g/mol. The summed E-state index contributed by atoms with van der Waals surface area (Å²) in [7, 11) is 0. The average Bonchev–Trinajstić information content (AvgIpc) is 2.77. The second-order valence-corrected chi connectivity index (χ2v) is 4.13. The van der Waals surface area contributed by atoms with Crippen LogP contribution in [0.4, 0.5) is 5.82 Å². The highest BCUT2D eigenvalue weighted by atomic mass is 16.4. The lowest BCUT2D eigenvalue weighted by molar-refractivity contribution is -0.138. The maximum absolute atomic E-state index is 11.1. The molecule has 1 aliphatic rings. The number of carboxylic acids is 1. The molecule has 0 spiro atoms. The van der Waals surface area contributed by atoms with E-state index in [1.54, 1.807) is 17.0 Å². The minimum atomic E-state index is -0.852. The number of nitriles is 1. The molecule has 0 bridgehead atoms. The Morgan fingerprint density at radius 3 is 3.06 bits per heavy atom. The van der Waals surface area contributed by atoms with Gasteiger partial charge in [0.25, 0.3) is 0 Å². The molecule has 1 unspecified atom stereocenters. The van der Waals surface area contributed by atoms with E-state index in [0.29, 0.717) is 24.3 Å². The number of hydrogen-bond donors (Lipinski definition) is 1. The third-order valence-electron chi connectivity index (χ3n) is 2.94. The van der Waals surface area contributed by atoms with E-state index >= 15 is 0 Å². The number of carboxylic acid groups (broad SMARTS) is 1. The van der Waals surface area contributed by atoms with Gasteiger partial charge >= 0.3 is 5.97 Å². The Morgan fingerprint density at radius 2 is 2.41 bits per heavy atom. The van der Waals surface area contributed by atoms with Gasteiger partial charge in [-0.2, -0.15) is 5.26 Å². The zero-order valence-electron chi connectivity index (χ0n) is 9.55. The minimum Gasteiger partial charge on any atom is -0.480 e. The molecule has 5 nitrogen and oxygen atoms in total. The molecule has 1 N–H and O–H groups in total. The van der Waals surface area contributed by atoms with E-state index < -0.39 is 12.0 Å². The van der Waals surface area contributed by atoms with Crippen LogP contribution < -0.4 is 4.90 Å². The standard InChI is InChI=1S/C12H13N3O2/c1-8-4-5-9(7-13)11(14-8)15-6-2-3-10(15)12(16)17/h4-5,10H,2-3,6H2,1H3,(H,16,17). The van der Waals surface area contributed by atoms with Crippen LogP contribution in [0.15, 0.2) is 12.1 Å². The smallest absolute Gasteiger partial charge is 0.326 e. The van der Waals surface area contributed by atoms with Crippen LogP contribution in [0.2, 0.25) is 0 Å². The molecular formula is C12H13N3O2. The van der Waals surface area contributed by atoms with E-state index in [-0.39, 0.29) is 0 Å². The van der Waals surface area contributed by atoms with Crippen molar-refractivity contribution in [3.63, 3.8) is 0 Å². The molecular weight excluding hydrogens is 218 g/mol. The van der Waals surface area contributed by atoms with Gasteiger partial charge in [-0.3, -0.25) is 0 Å². The molecule has 5 heteroatoms. The Kier molecular flexibility index (Phi) is 2.96. The Morgan fingerprint density at radius 1 is 1.65 bits per heavy atom. The molecule has 2 rings (SSSR count). The highest BCUT2D eigenvalue weighted by molar-refractivity contribution is 5.79. The molecule has 2 heterocycles. The van der Waals surface area contributed by atoms with Crippen LogP contribution in [-0.2, 0) is 4.79 Å². The molecule has 1 aliphatic heterocycles. The fourth-order valence-electron chi connectivity index (χ4n) is 2.13. The van der Waals surface area contributed by atoms with E-state index in [2.05, 4.69) is 11.1 Å². The zero-order chi connectivity index (χ0) is 12.4. The summed E-state index contributed by atoms with van der Waals surface area (Å²) >= 11 is 0. The van der Waals surface area contributed by atoms with Gasteiger partial charge in [-0.15, -0.1) is 0 Å². The Bertz CT molecular complexity index is 493. The van der Waals surface area contributed by atoms with Crippen LogP contribution in [-0.4, -0.2) is 28.6 Å². The first-order valence-corrected chi connectivity index (χ1v) is 5.50. The van der Waals surface area contributed by atoms with Gasteiger partial charge in [-0.25, -0.2) is 9.78 Å². The monoisotopic (exact) mass is 231 g/mol. The molecule has 0 radical (unpaired) electrons. The molecule has 0 aromatic carbocycles. The van der Waals surface area contributed by atoms with Crippen LogP contribution in [0.1, 0.15) is 24.1 Å². The van der Waals surface area contributed by atoms with E-state index in [9.17, 15) is 4.79 Å². The van der Waals surface area contributed by atoms with Crippen molar-refractivity contribution in [1.29, 1.82) is 5.26 Å². The normalized spacial score (nSPS) is 19.1. The second-order valence-electron chi connectivity index (χ2n) is 4.13. The summed E-state index contributed by atoms with van der Waals surface area (Å²) in [6, 6.07) is 4.95. The first-order valence-electron chi connectivity index (χ1n) is 5.50. The molecule has 1 aromatic rings. The Labute approximate surface area is 99.3 Å². The maximum atomic E-state index is 11.1. The summed E-state index contributed by atoms with van der Waals surface area (Å²) in [5, 5.41) is 18.2. The second kappa shape index (κ2) is 4.42. The fraction of sp³-hybridized carbons (Fsp3) is 0.417. The van der Waals surface area contributed by atoms with Crippen molar-refractivity contribution in [3.05, 3.63) is 23.4 Å². The van der Waals surface area contributed by atoms with Gasteiger partial charge in [-0.05, 0) is 31.9 Å². The van der Waals surface area contributed by atoms with E-state index in [1.807, 2.05) is 6.92 Å². The summed E-state index contributed by atoms with van der Waals surface area (Å²) in [5.74, 6) is -0.355. The molecule has 0 saturated carbocycles. The van der Waals surface area contributed by atoms with Gasteiger partial charge < -0.3 is 10.0 Å². The number of pyridine rings is 1. The highest BCUT2D eigenvalue weighted by Crippen LogP contribution is 2.27. The molecule has 1 fully saturated rings. The van der Waals surface area contributed by atoms with Crippen molar-refractivity contribution in [2.24, 2.45) is 0 Å². The molecule has 0 aliphatic carbocycles. The lowest BCUT2D eigenvalue weighted by atomic mass is 10.2. The van der Waals surface area contributed by atoms with Crippen molar-refractivity contribution in [1.82, 2.24) is 4.98 Å². The van der Waals surface area contributed by atoms with Gasteiger partial charge in [0.2, 0.25) is 0 Å². The summed E-state index contributed by atoms with van der Waals surface area (Å²) in [4.78, 5) is 17.1. The third-order valence-corrected chi connectivity index (χ3v) is 2.94. The van der Waals surface area contributed by atoms with E-state index in [4.69, 9.17) is 10.4 Å². The lowest BCUT2D eigenvalue weighted by Crippen LogP contribution is -2.37. The molecule has 17 heavy (non-hydrogen) atoms. The summed E-state index contributed by atoms with van der Waals surface area (Å²) in [6.07, 6.45) is 1.42. The van der Waals surface area contributed by atoms with Crippen LogP contribution in [0, 0.1) is 18.3 Å². The fourth-order valence-corrected chi connectivity index (χ4v) is 2.13. The number of hydrogen-bond acceptors (Lipinski definition) is 4. The van der Waals surface area contributed by atoms with E-state index in [1.165, 1.54) is 0 Å². The summed E-state index contributed by atoms with van der Waals surface area (Å²) in [6.45, 7) is 2.47. The van der Waals surface area contributed by atoms with Crippen LogP contribution in [0.25, 0.3) is 0 Å². The van der Waals surface area contributed by atoms with Gasteiger partial charge in [0, 0.05) is 12.2 Å². The van der Waals surface area contributed by atoms with Gasteiger partial charge in [-0.1, -0.05) is 0 Å². The van der Waals surface area contributed by atoms with Crippen molar-refractivity contribution in [2.75, 3.05) is 11.4 Å². The first-order chi connectivity index (χ1) is 8.13. The van der Waals surface area contributed by atoms with Gasteiger partial charge in [0.15, 0.2) is 0 Å². The summed E-state index contributed by atoms with van der Waals surface area (Å²) < 4.78 is 0. The van der Waals surface area contributed by atoms with Crippen molar-refractivity contribution in [3.8, 4) is 6.07 Å². The van der Waals surface area contributed by atoms with Crippen LogP contribution in [0.3, 0.4) is 0 Å². The molecule has 88 valence electrons. The quantitative estimate of drug-likeness (QED) is 0.830. The number of nitrogens with zero attached hydrogens (tertiary/aromatic N) is 3. The van der Waals surface area contributed by atoms with Crippen molar-refractivity contribution >= 4 is 11.8 Å². The number of carbonyl (C=O) groups is 1. The van der Waals surface area contributed by atoms with Crippen molar-refractivity contribution < 1.29 is 9.90 Å². The maximum Gasteiger partial charge on any atom is 0.326 e. The molecule has 1 atom stereocenters. The number of aromatic nitrogens is 1. The number of aliphatic carboxylic acids is 1. The van der Waals surface area contributed by atoms with Crippen LogP contribution in [0.5, 0.6) is 0 Å². The lowest BCUT2D eigenvalue weighted by Gasteiger charge is -2.23. The zero-order valence-corrected chi connectivity index (χ0v) is 9.55. The van der Waals surface area contributed by atoms with Crippen molar-refractivity contribution in [2.45, 2.75) is 25.8 Å². The van der Waals surface area contributed by atoms with Gasteiger partial charge in [0.05, 0.1) is 5.56 Å². The third kappa shape index (κ3) is 2.07. The number of aryl methyl sites for hydroxylation is 1. The van der Waals surface area contributed by atoms with Gasteiger partial charge in [0.1, 0.15) is 17.9 Å². The predicted molar refractivity (Wildman–Crippen MR) is 61.7 cm³/mol. The van der Waals surface area contributed by atoms with Crippen LogP contribution >= 0.6 is 0 Å². The van der Waals surface area contributed by atoms with E-state index in [0.717, 1.165) is 12.1 Å². The summed E-state index contributed by atoms with van der Waals surface area (Å²) in [5.41, 5.74) is 1.22.